The molecule has 6 rings (SSSR count). The Kier molecular flexibility index (Phi) is 5.88. The number of hydrogen-bond donors (Lipinski definition) is 2. The highest BCUT2D eigenvalue weighted by molar-refractivity contribution is 8.13. The van der Waals surface area contributed by atoms with Gasteiger partial charge in [-0.3, -0.25) is 5.43 Å². The van der Waals surface area contributed by atoms with E-state index in [-0.39, 0.29) is 18.2 Å². The molecule has 0 saturated carbocycles. The quantitative estimate of drug-likeness (QED) is 0.575. The third-order valence-corrected chi connectivity index (χ3v) is 7.60. The summed E-state index contributed by atoms with van der Waals surface area (Å²) in [6.45, 7) is 3.25. The maximum atomic E-state index is 5.81. The molecular weight excluding hydrogens is 450 g/mol. The third kappa shape index (κ3) is 4.14. The maximum absolute atomic E-state index is 5.81. The van der Waals surface area contributed by atoms with E-state index in [0.717, 1.165) is 54.0 Å². The molecule has 1 saturated heterocycles. The van der Waals surface area contributed by atoms with Crippen molar-refractivity contribution in [1.82, 2.24) is 20.8 Å². The van der Waals surface area contributed by atoms with Crippen LogP contribution < -0.4 is 25.1 Å². The Hall–Kier alpha value is -3.04. The van der Waals surface area contributed by atoms with Gasteiger partial charge in [-0.2, -0.15) is 5.10 Å². The Labute approximate surface area is 203 Å². The second-order valence-corrected chi connectivity index (χ2v) is 9.76. The summed E-state index contributed by atoms with van der Waals surface area (Å²) in [7, 11) is 0. The van der Waals surface area contributed by atoms with Gasteiger partial charge in [-0.05, 0) is 48.2 Å². The minimum Gasteiger partial charge on any atom is -0.494 e. The van der Waals surface area contributed by atoms with Gasteiger partial charge in [0.15, 0.2) is 16.7 Å². The minimum absolute atomic E-state index is 0.110. The molecule has 8 nitrogen and oxygen atoms in total. The molecule has 0 aliphatic carbocycles. The van der Waals surface area contributed by atoms with Gasteiger partial charge in [0.05, 0.1) is 18.7 Å². The molecular formula is C25H29N5O3S. The van der Waals surface area contributed by atoms with Gasteiger partial charge in [-0.25, -0.2) is 5.43 Å². The van der Waals surface area contributed by atoms with Crippen LogP contribution in [0.2, 0.25) is 0 Å². The lowest BCUT2D eigenvalue weighted by atomic mass is 10.00. The summed E-state index contributed by atoms with van der Waals surface area (Å²) in [6.07, 6.45) is 7.55. The largest absolute Gasteiger partial charge is 0.494 e. The van der Waals surface area contributed by atoms with Crippen LogP contribution in [-0.2, 0) is 5.75 Å². The molecule has 0 amide bonds. The summed E-state index contributed by atoms with van der Waals surface area (Å²) >= 11 is 1.72. The van der Waals surface area contributed by atoms with E-state index in [0.29, 0.717) is 6.79 Å². The Morgan fingerprint density at radius 2 is 2.00 bits per heavy atom. The summed E-state index contributed by atoms with van der Waals surface area (Å²) < 4.78 is 16.7. The van der Waals surface area contributed by atoms with Crippen molar-refractivity contribution in [3.63, 3.8) is 0 Å². The molecule has 0 aromatic heterocycles. The molecule has 0 bridgehead atoms. The van der Waals surface area contributed by atoms with E-state index >= 15 is 0 Å². The van der Waals surface area contributed by atoms with Crippen molar-refractivity contribution in [2.45, 2.75) is 50.2 Å². The lowest BCUT2D eigenvalue weighted by Gasteiger charge is -2.36. The molecule has 2 aromatic rings. The van der Waals surface area contributed by atoms with E-state index < -0.39 is 0 Å². The van der Waals surface area contributed by atoms with Crippen LogP contribution >= 0.6 is 11.8 Å². The fourth-order valence-electron chi connectivity index (χ4n) is 4.68. The predicted octanol–water partition coefficient (Wildman–Crippen LogP) is 4.13. The third-order valence-electron chi connectivity index (χ3n) is 6.56. The number of benzene rings is 2. The number of ether oxygens (including phenoxy) is 3. The molecule has 178 valence electrons. The number of unbranched alkanes of at least 4 members (excludes halogenated alkanes) is 1. The minimum atomic E-state index is 0.110. The molecule has 4 aliphatic rings. The van der Waals surface area contributed by atoms with Crippen molar-refractivity contribution in [1.29, 1.82) is 0 Å². The van der Waals surface area contributed by atoms with Crippen molar-refractivity contribution in [3.8, 4) is 17.2 Å². The van der Waals surface area contributed by atoms with Gasteiger partial charge in [0.1, 0.15) is 11.9 Å². The summed E-state index contributed by atoms with van der Waals surface area (Å²) in [4.78, 5) is 2.24. The zero-order valence-corrected chi connectivity index (χ0v) is 20.0. The topological polar surface area (TPSA) is 70.6 Å². The predicted molar refractivity (Wildman–Crippen MR) is 132 cm³/mol. The first kappa shape index (κ1) is 21.5. The van der Waals surface area contributed by atoms with Gasteiger partial charge >= 0.3 is 0 Å². The van der Waals surface area contributed by atoms with Crippen LogP contribution in [0.25, 0.3) is 0 Å². The van der Waals surface area contributed by atoms with Crippen LogP contribution in [0.3, 0.4) is 0 Å². The molecule has 4 aliphatic heterocycles. The fourth-order valence-corrected chi connectivity index (χ4v) is 5.59. The SMILES string of the molecule is CCCCOc1ccc(C2CC3C4NN=C(SCc5ccc6c(c5)OCO6)N4C=CN3N2)cc1. The average Bonchev–Trinajstić information content (AvgIpc) is 3.60. The highest BCUT2D eigenvalue weighted by Gasteiger charge is 2.44. The first-order chi connectivity index (χ1) is 16.8. The second-order valence-electron chi connectivity index (χ2n) is 8.81. The summed E-state index contributed by atoms with van der Waals surface area (Å²) in [5.41, 5.74) is 9.47. The summed E-state index contributed by atoms with van der Waals surface area (Å²) in [5.74, 6) is 3.39. The van der Waals surface area contributed by atoms with Gasteiger partial charge in [0.2, 0.25) is 6.79 Å². The van der Waals surface area contributed by atoms with E-state index in [4.69, 9.17) is 14.2 Å². The van der Waals surface area contributed by atoms with E-state index in [1.54, 1.807) is 11.8 Å². The zero-order chi connectivity index (χ0) is 22.9. The van der Waals surface area contributed by atoms with Gasteiger partial charge in [0, 0.05) is 18.2 Å². The Morgan fingerprint density at radius 3 is 2.88 bits per heavy atom. The fraction of sp³-hybridized carbons (Fsp3) is 0.400. The van der Waals surface area contributed by atoms with Crippen LogP contribution in [0, 0.1) is 0 Å². The second kappa shape index (κ2) is 9.31. The smallest absolute Gasteiger partial charge is 0.231 e. The van der Waals surface area contributed by atoms with Crippen molar-refractivity contribution < 1.29 is 14.2 Å². The number of fused-ring (bicyclic) bond motifs is 4. The van der Waals surface area contributed by atoms with Crippen LogP contribution in [0.4, 0.5) is 0 Å². The summed E-state index contributed by atoms with van der Waals surface area (Å²) in [5, 5.41) is 7.85. The lowest BCUT2D eigenvalue weighted by Crippen LogP contribution is -2.54. The molecule has 2 N–H and O–H groups in total. The molecule has 3 atom stereocenters. The number of thioether (sulfide) groups is 1. The van der Waals surface area contributed by atoms with Gasteiger partial charge in [0.25, 0.3) is 0 Å². The van der Waals surface area contributed by atoms with E-state index in [1.807, 2.05) is 6.07 Å². The van der Waals surface area contributed by atoms with Crippen LogP contribution in [0.15, 0.2) is 60.0 Å². The number of rotatable bonds is 7. The number of nitrogens with zero attached hydrogens (tertiary/aromatic N) is 3. The molecule has 9 heteroatoms. The summed E-state index contributed by atoms with van der Waals surface area (Å²) in [6, 6.07) is 15.1. The Bertz CT molecular complexity index is 1090. The molecule has 4 heterocycles. The number of hydrogen-bond acceptors (Lipinski definition) is 9. The maximum Gasteiger partial charge on any atom is 0.231 e. The average molecular weight is 480 g/mol. The number of amidine groups is 1. The highest BCUT2D eigenvalue weighted by Crippen LogP contribution is 2.37. The van der Waals surface area contributed by atoms with E-state index in [9.17, 15) is 0 Å². The molecule has 1 fully saturated rings. The highest BCUT2D eigenvalue weighted by atomic mass is 32.2. The van der Waals surface area contributed by atoms with Gasteiger partial charge < -0.3 is 24.1 Å². The Morgan fingerprint density at radius 1 is 1.12 bits per heavy atom. The van der Waals surface area contributed by atoms with E-state index in [2.05, 4.69) is 81.6 Å². The molecule has 0 spiro atoms. The number of hydrazine groups is 1. The lowest BCUT2D eigenvalue weighted by molar-refractivity contribution is 0.152. The van der Waals surface area contributed by atoms with Crippen LogP contribution in [0.1, 0.15) is 43.4 Å². The molecule has 2 aromatic carbocycles. The van der Waals surface area contributed by atoms with Crippen molar-refractivity contribution in [3.05, 3.63) is 66.0 Å². The Balaban J connectivity index is 1.06. The van der Waals surface area contributed by atoms with Gasteiger partial charge in [-0.1, -0.05) is 43.3 Å². The van der Waals surface area contributed by atoms with Crippen molar-refractivity contribution >= 4 is 16.9 Å². The van der Waals surface area contributed by atoms with E-state index in [1.165, 1.54) is 11.1 Å². The first-order valence-corrected chi connectivity index (χ1v) is 12.9. The van der Waals surface area contributed by atoms with Crippen molar-refractivity contribution in [2.24, 2.45) is 5.10 Å². The molecule has 34 heavy (non-hydrogen) atoms. The van der Waals surface area contributed by atoms with Crippen molar-refractivity contribution in [2.75, 3.05) is 13.4 Å². The van der Waals surface area contributed by atoms with Gasteiger partial charge in [-0.15, -0.1) is 0 Å². The number of nitrogens with one attached hydrogen (secondary N) is 2. The first-order valence-electron chi connectivity index (χ1n) is 11.9. The molecule has 0 radical (unpaired) electrons. The van der Waals surface area contributed by atoms with Crippen LogP contribution in [0.5, 0.6) is 17.2 Å². The normalized spacial score (nSPS) is 24.0. The monoisotopic (exact) mass is 479 g/mol. The number of hydrazone groups is 1. The van der Waals surface area contributed by atoms with Crippen LogP contribution in [-0.4, -0.2) is 40.7 Å². The zero-order valence-electron chi connectivity index (χ0n) is 19.1. The molecule has 3 unspecified atom stereocenters. The standard InChI is InChI=1S/C25H29N5O3S/c1-2-3-12-31-19-7-5-18(6-8-19)20-14-21-24-26-27-25(29(24)10-11-30(21)28-20)34-15-17-4-9-22-23(13-17)33-16-32-22/h4-11,13,20-21,24,26,28H,2-3,12,14-16H2,1H3.